The molecule has 0 saturated carbocycles. The van der Waals surface area contributed by atoms with Crippen LogP contribution in [0.4, 0.5) is 0 Å². The molecule has 4 aromatic rings. The van der Waals surface area contributed by atoms with E-state index in [4.69, 9.17) is 25.2 Å². The monoisotopic (exact) mass is 442 g/mol. The Morgan fingerprint density at radius 2 is 1.90 bits per heavy atom. The van der Waals surface area contributed by atoms with Gasteiger partial charge in [0, 0.05) is 22.2 Å². The van der Waals surface area contributed by atoms with Gasteiger partial charge in [-0.25, -0.2) is 4.79 Å². The van der Waals surface area contributed by atoms with E-state index in [2.05, 4.69) is 10.2 Å². The number of para-hydroxylation sites is 1. The van der Waals surface area contributed by atoms with E-state index in [9.17, 15) is 4.79 Å². The second-order valence-corrected chi connectivity index (χ2v) is 7.81. The molecule has 0 aliphatic carbocycles. The van der Waals surface area contributed by atoms with E-state index in [0.717, 1.165) is 28.5 Å². The molecule has 0 radical (unpaired) electrons. The Balaban J connectivity index is 1.60. The summed E-state index contributed by atoms with van der Waals surface area (Å²) in [5.41, 5.74) is 2.59. The minimum atomic E-state index is -0.403. The van der Waals surface area contributed by atoms with Crippen LogP contribution in [-0.4, -0.2) is 16.8 Å². The van der Waals surface area contributed by atoms with Crippen molar-refractivity contribution in [3.63, 3.8) is 0 Å². The van der Waals surface area contributed by atoms with Gasteiger partial charge in [-0.3, -0.25) is 0 Å². The highest BCUT2D eigenvalue weighted by Crippen LogP contribution is 2.33. The number of nitrogens with zero attached hydrogens (tertiary/aromatic N) is 2. The third kappa shape index (κ3) is 4.22. The third-order valence-corrected chi connectivity index (χ3v) is 5.77. The molecule has 6 nitrogen and oxygen atoms in total. The first kappa shape index (κ1) is 20.5. The van der Waals surface area contributed by atoms with Gasteiger partial charge in [0.25, 0.3) is 11.1 Å². The van der Waals surface area contributed by atoms with Crippen molar-refractivity contribution >= 4 is 34.3 Å². The molecular formula is C22H19ClN2O4S. The lowest BCUT2D eigenvalue weighted by atomic mass is 10.1. The molecule has 0 amide bonds. The maximum Gasteiger partial charge on any atom is 0.336 e. The highest BCUT2D eigenvalue weighted by atomic mass is 35.5. The Kier molecular flexibility index (Phi) is 6.11. The quantitative estimate of drug-likeness (QED) is 0.266. The maximum atomic E-state index is 12.0. The van der Waals surface area contributed by atoms with Crippen LogP contribution in [0.5, 0.6) is 5.75 Å². The van der Waals surface area contributed by atoms with Crippen LogP contribution in [-0.2, 0) is 12.2 Å². The highest BCUT2D eigenvalue weighted by Gasteiger charge is 2.15. The number of ether oxygens (including phenoxy) is 1. The number of fused-ring (bicyclic) bond motifs is 1. The van der Waals surface area contributed by atoms with Gasteiger partial charge in [-0.2, -0.15) is 0 Å². The van der Waals surface area contributed by atoms with Gasteiger partial charge in [0.05, 0.1) is 12.2 Å². The third-order valence-electron chi connectivity index (χ3n) is 4.55. The van der Waals surface area contributed by atoms with Crippen LogP contribution in [0, 0.1) is 0 Å². The Morgan fingerprint density at radius 3 is 2.70 bits per heavy atom. The largest absolute Gasteiger partial charge is 0.493 e. The molecule has 2 heterocycles. The Hall–Kier alpha value is -2.77. The summed E-state index contributed by atoms with van der Waals surface area (Å²) in [6, 6.07) is 12.6. The first-order chi connectivity index (χ1) is 14.6. The molecule has 0 unspecified atom stereocenters. The minimum Gasteiger partial charge on any atom is -0.493 e. The summed E-state index contributed by atoms with van der Waals surface area (Å²) in [5, 5.41) is 10.1. The molecule has 154 valence electrons. The maximum absolute atomic E-state index is 12.0. The first-order valence-corrected chi connectivity index (χ1v) is 10.9. The smallest absolute Gasteiger partial charge is 0.336 e. The van der Waals surface area contributed by atoms with Crippen LogP contribution < -0.4 is 10.4 Å². The van der Waals surface area contributed by atoms with Gasteiger partial charge in [-0.05, 0) is 48.7 Å². The van der Waals surface area contributed by atoms with Gasteiger partial charge < -0.3 is 13.6 Å². The van der Waals surface area contributed by atoms with Crippen molar-refractivity contribution in [1.82, 2.24) is 10.2 Å². The van der Waals surface area contributed by atoms with Crippen LogP contribution >= 0.6 is 23.4 Å². The molecule has 2 aromatic heterocycles. The summed E-state index contributed by atoms with van der Waals surface area (Å²) < 4.78 is 16.8. The summed E-state index contributed by atoms with van der Waals surface area (Å²) in [6.07, 6.45) is 0.755. The average Bonchev–Trinajstić information content (AvgIpc) is 3.21. The van der Waals surface area contributed by atoms with E-state index in [1.165, 1.54) is 17.8 Å². The van der Waals surface area contributed by atoms with Gasteiger partial charge in [0.1, 0.15) is 11.3 Å². The lowest BCUT2D eigenvalue weighted by Crippen LogP contribution is -2.00. The number of thioether (sulfide) groups is 1. The molecule has 4 rings (SSSR count). The number of hydrogen-bond donors (Lipinski definition) is 0. The van der Waals surface area contributed by atoms with Crippen molar-refractivity contribution in [1.29, 1.82) is 0 Å². The Bertz CT molecular complexity index is 1250. The van der Waals surface area contributed by atoms with Gasteiger partial charge >= 0.3 is 5.63 Å². The molecular weight excluding hydrogens is 424 g/mol. The average molecular weight is 443 g/mol. The zero-order chi connectivity index (χ0) is 21.1. The Morgan fingerprint density at radius 1 is 1.07 bits per heavy atom. The van der Waals surface area contributed by atoms with Crippen LogP contribution in [0.3, 0.4) is 0 Å². The number of halogens is 1. The van der Waals surface area contributed by atoms with E-state index in [1.807, 2.05) is 50.2 Å². The fourth-order valence-electron chi connectivity index (χ4n) is 3.12. The molecule has 0 bridgehead atoms. The molecule has 8 heteroatoms. The number of benzene rings is 2. The summed E-state index contributed by atoms with van der Waals surface area (Å²) in [7, 11) is 0. The summed E-state index contributed by atoms with van der Waals surface area (Å²) in [6.45, 7) is 4.46. The Labute approximate surface area is 182 Å². The number of rotatable bonds is 7. The summed E-state index contributed by atoms with van der Waals surface area (Å²) in [4.78, 5) is 12.0. The second kappa shape index (κ2) is 8.93. The van der Waals surface area contributed by atoms with Crippen molar-refractivity contribution < 1.29 is 13.6 Å². The summed E-state index contributed by atoms with van der Waals surface area (Å²) in [5.74, 6) is 1.53. The van der Waals surface area contributed by atoms with Gasteiger partial charge in [0.15, 0.2) is 0 Å². The molecule has 0 fully saturated rings. The van der Waals surface area contributed by atoms with Crippen LogP contribution in [0.25, 0.3) is 22.4 Å². The predicted octanol–water partition coefficient (Wildman–Crippen LogP) is 5.75. The van der Waals surface area contributed by atoms with E-state index < -0.39 is 5.63 Å². The van der Waals surface area contributed by atoms with Crippen LogP contribution in [0.1, 0.15) is 25.0 Å². The summed E-state index contributed by atoms with van der Waals surface area (Å²) >= 11 is 7.71. The zero-order valence-electron chi connectivity index (χ0n) is 16.5. The van der Waals surface area contributed by atoms with Crippen molar-refractivity contribution in [3.05, 3.63) is 69.0 Å². The molecule has 0 aliphatic heterocycles. The molecule has 0 spiro atoms. The van der Waals surface area contributed by atoms with Crippen LogP contribution in [0.15, 0.2) is 61.3 Å². The predicted molar refractivity (Wildman–Crippen MR) is 117 cm³/mol. The number of aryl methyl sites for hydroxylation is 1. The van der Waals surface area contributed by atoms with Crippen molar-refractivity contribution in [2.45, 2.75) is 31.2 Å². The molecule has 30 heavy (non-hydrogen) atoms. The molecule has 0 N–H and O–H groups in total. The van der Waals surface area contributed by atoms with Crippen molar-refractivity contribution in [2.75, 3.05) is 6.61 Å². The zero-order valence-corrected chi connectivity index (χ0v) is 18.0. The molecule has 2 aromatic carbocycles. The molecule has 0 aliphatic rings. The van der Waals surface area contributed by atoms with E-state index in [1.54, 1.807) is 0 Å². The van der Waals surface area contributed by atoms with E-state index >= 15 is 0 Å². The van der Waals surface area contributed by atoms with Crippen molar-refractivity contribution in [2.24, 2.45) is 0 Å². The SMILES string of the molecule is CCOc1ccccc1-c1nnc(SCc2cc(=O)oc3cc(CC)c(Cl)cc23)o1. The van der Waals surface area contributed by atoms with Gasteiger partial charge in [0.2, 0.25) is 0 Å². The highest BCUT2D eigenvalue weighted by molar-refractivity contribution is 7.98. The normalized spacial score (nSPS) is 11.2. The van der Waals surface area contributed by atoms with Crippen molar-refractivity contribution in [3.8, 4) is 17.2 Å². The fourth-order valence-corrected chi connectivity index (χ4v) is 4.17. The lowest BCUT2D eigenvalue weighted by Gasteiger charge is -2.07. The van der Waals surface area contributed by atoms with E-state index in [-0.39, 0.29) is 0 Å². The topological polar surface area (TPSA) is 78.4 Å². The lowest BCUT2D eigenvalue weighted by molar-refractivity contribution is 0.340. The minimum absolute atomic E-state index is 0.384. The molecule has 0 saturated heterocycles. The van der Waals surface area contributed by atoms with Gasteiger partial charge in [-0.1, -0.05) is 42.4 Å². The molecule has 0 atom stereocenters. The van der Waals surface area contributed by atoms with E-state index in [0.29, 0.717) is 39.8 Å². The van der Waals surface area contributed by atoms with Crippen LogP contribution in [0.2, 0.25) is 5.02 Å². The standard InChI is InChI=1S/C22H19ClN2O4S/c1-3-13-9-19-16(11-17(13)23)14(10-20(26)28-19)12-30-22-25-24-21(29-22)15-7-5-6-8-18(15)27-4-2/h5-11H,3-4,12H2,1-2H3. The fraction of sp³-hybridized carbons (Fsp3) is 0.227. The van der Waals surface area contributed by atoms with Gasteiger partial charge in [-0.15, -0.1) is 10.2 Å². The second-order valence-electron chi connectivity index (χ2n) is 6.47. The first-order valence-electron chi connectivity index (χ1n) is 9.52. The number of aromatic nitrogens is 2. The number of hydrogen-bond acceptors (Lipinski definition) is 7.